The smallest absolute Gasteiger partial charge is 0.308 e. The second-order valence-electron chi connectivity index (χ2n) is 3.60. The van der Waals surface area contributed by atoms with Gasteiger partial charge >= 0.3 is 5.69 Å². The van der Waals surface area contributed by atoms with Crippen molar-refractivity contribution >= 4 is 17.1 Å². The van der Waals surface area contributed by atoms with Crippen LogP contribution in [0.4, 0.5) is 17.1 Å². The molecule has 0 saturated carbocycles. The monoisotopic (exact) mass is 240 g/mol. The minimum atomic E-state index is -0.636. The molecule has 7 nitrogen and oxygen atoms in total. The zero-order chi connectivity index (χ0) is 12.8. The van der Waals surface area contributed by atoms with E-state index in [1.807, 2.05) is 6.92 Å². The number of unbranched alkanes of at least 4 members (excludes halogenated alkanes) is 1. The van der Waals surface area contributed by atoms with Gasteiger partial charge in [-0.25, -0.2) is 0 Å². The number of non-ortho nitro benzene ring substituents is 1. The van der Waals surface area contributed by atoms with Crippen molar-refractivity contribution in [2.75, 3.05) is 6.54 Å². The number of benzene rings is 1. The Morgan fingerprint density at radius 2 is 1.94 bits per heavy atom. The van der Waals surface area contributed by atoms with Gasteiger partial charge in [0.1, 0.15) is 6.07 Å². The van der Waals surface area contributed by atoms with Crippen LogP contribution in [0.1, 0.15) is 19.8 Å². The highest BCUT2D eigenvalue weighted by Crippen LogP contribution is 2.25. The summed E-state index contributed by atoms with van der Waals surface area (Å²) in [5.41, 5.74) is -0.0336. The molecule has 0 saturated heterocycles. The molecule has 0 spiro atoms. The first kappa shape index (κ1) is 13.0. The quantitative estimate of drug-likeness (QED) is 0.352. The van der Waals surface area contributed by atoms with Gasteiger partial charge in [0.25, 0.3) is 5.69 Å². The molecule has 1 rings (SSSR count). The van der Waals surface area contributed by atoms with Gasteiger partial charge in [-0.3, -0.25) is 20.2 Å². The second-order valence-corrected chi connectivity index (χ2v) is 3.60. The van der Waals surface area contributed by atoms with Gasteiger partial charge in [0.05, 0.1) is 16.4 Å². The van der Waals surface area contributed by atoms with E-state index in [0.717, 1.165) is 25.5 Å². The number of quaternary nitrogens is 1. The largest absolute Gasteiger partial charge is 0.336 e. The molecule has 0 radical (unpaired) electrons. The number of nitrogens with zero attached hydrogens (tertiary/aromatic N) is 2. The molecule has 0 aliphatic carbocycles. The van der Waals surface area contributed by atoms with Crippen LogP contribution in [0.25, 0.3) is 0 Å². The molecule has 0 aliphatic rings. The number of nitro benzene ring substituents is 2. The summed E-state index contributed by atoms with van der Waals surface area (Å²) >= 11 is 0. The zero-order valence-electron chi connectivity index (χ0n) is 9.46. The number of nitro groups is 2. The van der Waals surface area contributed by atoms with E-state index in [4.69, 9.17) is 0 Å². The summed E-state index contributed by atoms with van der Waals surface area (Å²) in [6, 6.07) is 3.70. The fourth-order valence-corrected chi connectivity index (χ4v) is 1.44. The van der Waals surface area contributed by atoms with Crippen molar-refractivity contribution in [2.24, 2.45) is 0 Å². The maximum Gasteiger partial charge on any atom is 0.336 e. The van der Waals surface area contributed by atoms with E-state index in [2.05, 4.69) is 0 Å². The molecule has 2 N–H and O–H groups in total. The molecule has 0 aliphatic heterocycles. The predicted octanol–water partition coefficient (Wildman–Crippen LogP) is 1.50. The molecule has 0 fully saturated rings. The molecule has 0 atom stereocenters. The van der Waals surface area contributed by atoms with Crippen molar-refractivity contribution in [3.63, 3.8) is 0 Å². The second kappa shape index (κ2) is 5.90. The molecule has 7 heteroatoms. The van der Waals surface area contributed by atoms with Crippen LogP contribution in [0.2, 0.25) is 0 Å². The van der Waals surface area contributed by atoms with Gasteiger partial charge in [-0.1, -0.05) is 13.3 Å². The lowest BCUT2D eigenvalue weighted by atomic mass is 10.2. The van der Waals surface area contributed by atoms with E-state index in [-0.39, 0.29) is 11.4 Å². The van der Waals surface area contributed by atoms with Gasteiger partial charge in [-0.2, -0.15) is 0 Å². The number of nitrogens with two attached hydrogens (primary N) is 1. The average Bonchev–Trinajstić information content (AvgIpc) is 2.29. The minimum Gasteiger partial charge on any atom is -0.308 e. The summed E-state index contributed by atoms with van der Waals surface area (Å²) in [5, 5.41) is 23.1. The summed E-state index contributed by atoms with van der Waals surface area (Å²) in [6.45, 7) is 2.76. The molecule has 0 unspecified atom stereocenters. The Morgan fingerprint density at radius 1 is 1.24 bits per heavy atom. The van der Waals surface area contributed by atoms with Crippen LogP contribution in [0.15, 0.2) is 18.2 Å². The molecule has 1 aromatic carbocycles. The zero-order valence-corrected chi connectivity index (χ0v) is 9.46. The van der Waals surface area contributed by atoms with Gasteiger partial charge < -0.3 is 5.32 Å². The standard InChI is InChI=1S/C10H13N3O4/c1-2-3-6-11-9-5-4-8(12(14)15)7-10(9)13(16)17/h4-5,7,11H,2-3,6H2,1H3/p+1. The lowest BCUT2D eigenvalue weighted by Crippen LogP contribution is -2.78. The average molecular weight is 240 g/mol. The maximum atomic E-state index is 10.8. The third kappa shape index (κ3) is 3.49. The van der Waals surface area contributed by atoms with Crippen molar-refractivity contribution in [1.82, 2.24) is 0 Å². The van der Waals surface area contributed by atoms with Crippen molar-refractivity contribution in [3.8, 4) is 0 Å². The van der Waals surface area contributed by atoms with Gasteiger partial charge in [-0.05, 0) is 6.42 Å². The van der Waals surface area contributed by atoms with Crippen LogP contribution >= 0.6 is 0 Å². The highest BCUT2D eigenvalue weighted by atomic mass is 16.6. The van der Waals surface area contributed by atoms with E-state index in [0.29, 0.717) is 5.69 Å². The lowest BCUT2D eigenvalue weighted by Gasteiger charge is -2.01. The first-order valence-electron chi connectivity index (χ1n) is 5.32. The Labute approximate surface area is 97.7 Å². The van der Waals surface area contributed by atoms with Crippen molar-refractivity contribution in [2.45, 2.75) is 19.8 Å². The molecule has 17 heavy (non-hydrogen) atoms. The van der Waals surface area contributed by atoms with E-state index in [1.165, 1.54) is 12.1 Å². The van der Waals surface area contributed by atoms with Crippen LogP contribution in [0.5, 0.6) is 0 Å². The summed E-state index contributed by atoms with van der Waals surface area (Å²) in [5.74, 6) is 0. The number of hydrogen-bond donors (Lipinski definition) is 1. The SMILES string of the molecule is CCCC[NH2+]c1ccc([N+](=O)[O-])cc1[N+](=O)[O-]. The molecule has 0 bridgehead atoms. The van der Waals surface area contributed by atoms with E-state index in [1.54, 1.807) is 5.32 Å². The van der Waals surface area contributed by atoms with Gasteiger partial charge in [0.2, 0.25) is 5.69 Å². The summed E-state index contributed by atoms with van der Waals surface area (Å²) in [6.07, 6.45) is 1.94. The molecular formula is C10H14N3O4+. The van der Waals surface area contributed by atoms with Crippen molar-refractivity contribution < 1.29 is 15.2 Å². The Bertz CT molecular complexity index is 434. The van der Waals surface area contributed by atoms with Crippen LogP contribution in [0.3, 0.4) is 0 Å². The fraction of sp³-hybridized carbons (Fsp3) is 0.400. The highest BCUT2D eigenvalue weighted by molar-refractivity contribution is 5.57. The van der Waals surface area contributed by atoms with Crippen LogP contribution in [0, 0.1) is 20.2 Å². The Kier molecular flexibility index (Phi) is 4.53. The number of rotatable bonds is 6. The first-order chi connectivity index (χ1) is 8.06. The fourth-order valence-electron chi connectivity index (χ4n) is 1.44. The first-order valence-corrected chi connectivity index (χ1v) is 5.32. The molecule has 0 heterocycles. The molecule has 92 valence electrons. The third-order valence-corrected chi connectivity index (χ3v) is 2.34. The number of hydrogen-bond acceptors (Lipinski definition) is 4. The van der Waals surface area contributed by atoms with Crippen LogP contribution in [-0.4, -0.2) is 16.4 Å². The van der Waals surface area contributed by atoms with Gasteiger partial charge in [-0.15, -0.1) is 0 Å². The van der Waals surface area contributed by atoms with Crippen molar-refractivity contribution in [3.05, 3.63) is 38.4 Å². The molecule has 1 aromatic rings. The van der Waals surface area contributed by atoms with Gasteiger partial charge in [0.15, 0.2) is 0 Å². The highest BCUT2D eigenvalue weighted by Gasteiger charge is 2.21. The topological polar surface area (TPSA) is 103 Å². The Morgan fingerprint density at radius 3 is 2.47 bits per heavy atom. The van der Waals surface area contributed by atoms with E-state index in [9.17, 15) is 20.2 Å². The molecular weight excluding hydrogens is 226 g/mol. The lowest BCUT2D eigenvalue weighted by molar-refractivity contribution is -0.577. The predicted molar refractivity (Wildman–Crippen MR) is 61.1 cm³/mol. The normalized spacial score (nSPS) is 10.2. The minimum absolute atomic E-state index is 0.213. The Hall–Kier alpha value is -2.02. The summed E-state index contributed by atoms with van der Waals surface area (Å²) < 4.78 is 0. The van der Waals surface area contributed by atoms with E-state index >= 15 is 0 Å². The maximum absolute atomic E-state index is 10.8. The van der Waals surface area contributed by atoms with Crippen molar-refractivity contribution in [1.29, 1.82) is 0 Å². The van der Waals surface area contributed by atoms with Crippen LogP contribution in [-0.2, 0) is 0 Å². The van der Waals surface area contributed by atoms with E-state index < -0.39 is 9.85 Å². The summed E-state index contributed by atoms with van der Waals surface area (Å²) in [4.78, 5) is 20.1. The third-order valence-electron chi connectivity index (χ3n) is 2.34. The van der Waals surface area contributed by atoms with Gasteiger partial charge in [0, 0.05) is 12.1 Å². The summed E-state index contributed by atoms with van der Waals surface area (Å²) in [7, 11) is 0. The molecule has 0 aromatic heterocycles. The molecule has 0 amide bonds. The van der Waals surface area contributed by atoms with Crippen LogP contribution < -0.4 is 5.32 Å². The Balaban J connectivity index is 2.96.